The van der Waals surface area contributed by atoms with Crippen LogP contribution in [0.2, 0.25) is 0 Å². The fourth-order valence-electron chi connectivity index (χ4n) is 4.62. The number of aromatic nitrogens is 2. The molecule has 160 valence electrons. The van der Waals surface area contributed by atoms with Crippen LogP contribution in [-0.4, -0.2) is 26.8 Å². The number of pyridine rings is 1. The number of aliphatic hydroxyl groups is 1. The monoisotopic (exact) mass is 424 g/mol. The van der Waals surface area contributed by atoms with Gasteiger partial charge in [0.1, 0.15) is 5.75 Å². The van der Waals surface area contributed by atoms with Gasteiger partial charge in [-0.1, -0.05) is 60.7 Å². The standard InChI is InChI=1S/C27H24N2O3/c30-16-8-13-19-18-11-4-6-14-21(18)28-25(19)23(17-9-2-1-3-10-17)24-26(31)20-12-5-7-15-22(20)29-27(24)32/h1-7,9-12,14-15,23,28,30H,8,13,16H2,(H2,29,31,32). The Labute approximate surface area is 185 Å². The molecule has 0 aliphatic carbocycles. The first-order valence-corrected chi connectivity index (χ1v) is 10.8. The van der Waals surface area contributed by atoms with Crippen molar-refractivity contribution in [2.75, 3.05) is 6.61 Å². The number of aromatic hydroxyl groups is 1. The van der Waals surface area contributed by atoms with E-state index in [1.54, 1.807) is 6.07 Å². The van der Waals surface area contributed by atoms with Crippen LogP contribution in [0.4, 0.5) is 0 Å². The maximum Gasteiger partial charge on any atom is 0.256 e. The summed E-state index contributed by atoms with van der Waals surface area (Å²) < 4.78 is 0. The van der Waals surface area contributed by atoms with Crippen molar-refractivity contribution in [1.82, 2.24) is 9.97 Å². The minimum Gasteiger partial charge on any atom is -0.507 e. The second-order valence-electron chi connectivity index (χ2n) is 8.00. The van der Waals surface area contributed by atoms with Gasteiger partial charge in [-0.05, 0) is 42.2 Å². The maximum absolute atomic E-state index is 13.3. The van der Waals surface area contributed by atoms with Crippen LogP contribution in [0, 0.1) is 0 Å². The van der Waals surface area contributed by atoms with E-state index in [1.807, 2.05) is 66.7 Å². The summed E-state index contributed by atoms with van der Waals surface area (Å²) in [7, 11) is 0. The lowest BCUT2D eigenvalue weighted by atomic mass is 9.85. The van der Waals surface area contributed by atoms with E-state index < -0.39 is 5.92 Å². The van der Waals surface area contributed by atoms with E-state index in [-0.39, 0.29) is 17.9 Å². The first kappa shape index (κ1) is 20.1. The number of fused-ring (bicyclic) bond motifs is 2. The third-order valence-corrected chi connectivity index (χ3v) is 6.07. The third kappa shape index (κ3) is 3.37. The highest BCUT2D eigenvalue weighted by atomic mass is 16.3. The molecule has 1 atom stereocenters. The average Bonchev–Trinajstić information content (AvgIpc) is 3.19. The van der Waals surface area contributed by atoms with Gasteiger partial charge in [-0.15, -0.1) is 0 Å². The molecule has 5 aromatic rings. The molecule has 5 nitrogen and oxygen atoms in total. The van der Waals surface area contributed by atoms with Crippen LogP contribution in [0.15, 0.2) is 83.7 Å². The van der Waals surface area contributed by atoms with Gasteiger partial charge in [-0.3, -0.25) is 4.79 Å². The number of benzene rings is 3. The topological polar surface area (TPSA) is 89.1 Å². The summed E-state index contributed by atoms with van der Waals surface area (Å²) in [5.41, 5.74) is 4.38. The first-order chi connectivity index (χ1) is 15.7. The number of hydrogen-bond donors (Lipinski definition) is 4. The van der Waals surface area contributed by atoms with E-state index >= 15 is 0 Å². The minimum absolute atomic E-state index is 0.00929. The van der Waals surface area contributed by atoms with Crippen LogP contribution in [0.25, 0.3) is 21.8 Å². The second kappa shape index (κ2) is 8.36. The van der Waals surface area contributed by atoms with Crippen molar-refractivity contribution in [3.8, 4) is 5.75 Å². The SMILES string of the molecule is O=c1[nH]c2ccccc2c(O)c1C(c1ccccc1)c1[nH]c2ccccc2c1CCCO. The highest BCUT2D eigenvalue weighted by Gasteiger charge is 2.29. The molecular formula is C27H24N2O3. The van der Waals surface area contributed by atoms with Gasteiger partial charge in [0.2, 0.25) is 0 Å². The molecule has 0 fully saturated rings. The van der Waals surface area contributed by atoms with E-state index in [0.717, 1.165) is 27.7 Å². The van der Waals surface area contributed by atoms with Crippen LogP contribution < -0.4 is 5.56 Å². The maximum atomic E-state index is 13.3. The fraction of sp³-hybridized carbons (Fsp3) is 0.148. The molecule has 32 heavy (non-hydrogen) atoms. The molecule has 0 bridgehead atoms. The lowest BCUT2D eigenvalue weighted by Gasteiger charge is -2.20. The molecule has 5 heteroatoms. The van der Waals surface area contributed by atoms with Gasteiger partial charge < -0.3 is 20.2 Å². The van der Waals surface area contributed by atoms with Gasteiger partial charge in [0, 0.05) is 28.6 Å². The molecule has 0 amide bonds. The number of rotatable bonds is 6. The van der Waals surface area contributed by atoms with Gasteiger partial charge >= 0.3 is 0 Å². The Balaban J connectivity index is 1.84. The van der Waals surface area contributed by atoms with E-state index in [2.05, 4.69) is 16.0 Å². The largest absolute Gasteiger partial charge is 0.507 e. The van der Waals surface area contributed by atoms with Crippen LogP contribution >= 0.6 is 0 Å². The summed E-state index contributed by atoms with van der Waals surface area (Å²) in [6, 6.07) is 25.0. The molecule has 3 aromatic carbocycles. The van der Waals surface area contributed by atoms with E-state index in [1.165, 1.54) is 0 Å². The van der Waals surface area contributed by atoms with Gasteiger partial charge in [-0.25, -0.2) is 0 Å². The molecule has 5 rings (SSSR count). The van der Waals surface area contributed by atoms with Crippen molar-refractivity contribution in [3.63, 3.8) is 0 Å². The molecule has 2 aromatic heterocycles. The summed E-state index contributed by atoms with van der Waals surface area (Å²) in [6.45, 7) is 0.0801. The third-order valence-electron chi connectivity index (χ3n) is 6.07. The number of nitrogens with one attached hydrogen (secondary N) is 2. The van der Waals surface area contributed by atoms with Crippen LogP contribution in [-0.2, 0) is 6.42 Å². The lowest BCUT2D eigenvalue weighted by Crippen LogP contribution is -2.19. The normalized spacial score (nSPS) is 12.4. The number of para-hydroxylation sites is 2. The molecule has 0 saturated carbocycles. The molecular weight excluding hydrogens is 400 g/mol. The van der Waals surface area contributed by atoms with Crippen LogP contribution in [0.3, 0.4) is 0 Å². The van der Waals surface area contributed by atoms with Crippen molar-refractivity contribution in [3.05, 3.63) is 112 Å². The fourth-order valence-corrected chi connectivity index (χ4v) is 4.62. The Morgan fingerprint density at radius 1 is 0.781 bits per heavy atom. The zero-order valence-corrected chi connectivity index (χ0v) is 17.5. The number of aryl methyl sites for hydroxylation is 1. The average molecular weight is 425 g/mol. The zero-order valence-electron chi connectivity index (χ0n) is 17.5. The summed E-state index contributed by atoms with van der Waals surface area (Å²) >= 11 is 0. The van der Waals surface area contributed by atoms with Crippen molar-refractivity contribution >= 4 is 21.8 Å². The Hall–Kier alpha value is -3.83. The summed E-state index contributed by atoms with van der Waals surface area (Å²) in [6.07, 6.45) is 1.27. The number of aliphatic hydroxyl groups excluding tert-OH is 1. The molecule has 1 unspecified atom stereocenters. The van der Waals surface area contributed by atoms with Crippen molar-refractivity contribution in [2.45, 2.75) is 18.8 Å². The molecule has 4 N–H and O–H groups in total. The van der Waals surface area contributed by atoms with Crippen molar-refractivity contribution in [2.24, 2.45) is 0 Å². The summed E-state index contributed by atoms with van der Waals surface area (Å²) in [5.74, 6) is -0.504. The smallest absolute Gasteiger partial charge is 0.256 e. The van der Waals surface area contributed by atoms with E-state index in [9.17, 15) is 15.0 Å². The Morgan fingerprint density at radius 3 is 2.12 bits per heavy atom. The van der Waals surface area contributed by atoms with Gasteiger partial charge in [0.05, 0.1) is 17.0 Å². The highest BCUT2D eigenvalue weighted by molar-refractivity contribution is 5.88. The molecule has 0 aliphatic rings. The Morgan fingerprint density at radius 2 is 1.41 bits per heavy atom. The molecule has 0 saturated heterocycles. The first-order valence-electron chi connectivity index (χ1n) is 10.8. The number of H-pyrrole nitrogens is 2. The van der Waals surface area contributed by atoms with Crippen LogP contribution in [0.1, 0.15) is 34.7 Å². The molecule has 0 radical (unpaired) electrons. The predicted octanol–water partition coefficient (Wildman–Crippen LogP) is 4.82. The van der Waals surface area contributed by atoms with Crippen molar-refractivity contribution < 1.29 is 10.2 Å². The van der Waals surface area contributed by atoms with E-state index in [4.69, 9.17) is 0 Å². The quantitative estimate of drug-likeness (QED) is 0.315. The zero-order chi connectivity index (χ0) is 22.1. The number of hydrogen-bond acceptors (Lipinski definition) is 3. The predicted molar refractivity (Wildman–Crippen MR) is 127 cm³/mol. The second-order valence-corrected chi connectivity index (χ2v) is 8.00. The summed E-state index contributed by atoms with van der Waals surface area (Å²) in [4.78, 5) is 19.8. The molecule has 0 aliphatic heterocycles. The summed E-state index contributed by atoms with van der Waals surface area (Å²) in [5, 5.41) is 22.5. The Bertz CT molecular complexity index is 1450. The number of aromatic amines is 2. The van der Waals surface area contributed by atoms with E-state index in [0.29, 0.717) is 29.3 Å². The molecule has 0 spiro atoms. The minimum atomic E-state index is -0.495. The highest BCUT2D eigenvalue weighted by Crippen LogP contribution is 2.40. The van der Waals surface area contributed by atoms with Crippen molar-refractivity contribution in [1.29, 1.82) is 0 Å². The van der Waals surface area contributed by atoms with Gasteiger partial charge in [-0.2, -0.15) is 0 Å². The van der Waals surface area contributed by atoms with Gasteiger partial charge in [0.15, 0.2) is 0 Å². The lowest BCUT2D eigenvalue weighted by molar-refractivity contribution is 0.288. The van der Waals surface area contributed by atoms with Crippen LogP contribution in [0.5, 0.6) is 5.75 Å². The molecule has 2 heterocycles. The Kier molecular flexibility index (Phi) is 5.25. The van der Waals surface area contributed by atoms with Gasteiger partial charge in [0.25, 0.3) is 5.56 Å².